The Morgan fingerprint density at radius 3 is 0.856 bits per heavy atom. The first-order chi connectivity index (χ1) is 41.7. The molecule has 0 radical (unpaired) electrons. The molecule has 5 heterocycles. The van der Waals surface area contributed by atoms with Crippen LogP contribution in [0.5, 0.6) is 0 Å². The van der Waals surface area contributed by atoms with Crippen molar-refractivity contribution in [2.75, 3.05) is 184 Å². The van der Waals surface area contributed by atoms with Crippen molar-refractivity contribution in [2.24, 2.45) is 0 Å². The number of hydrogen-bond donors (Lipinski definition) is 15. The molecule has 29 atom stereocenters. The minimum absolute atomic E-state index is 0.128. The zero-order valence-corrected chi connectivity index (χ0v) is 54.6. The van der Waals surface area contributed by atoms with E-state index in [-0.39, 0.29) is 52.7 Å². The third kappa shape index (κ3) is 23.7. The number of aliphatic hydroxyl groups excluding tert-OH is 15. The number of ether oxygens (including phenoxy) is 15. The molecule has 5 aliphatic rings. The predicted octanol–water partition coefficient (Wildman–Crippen LogP) is -10.3. The quantitative estimate of drug-likeness (QED) is 0.0262. The van der Waals surface area contributed by atoms with Crippen molar-refractivity contribution in [3.05, 3.63) is 0 Å². The van der Waals surface area contributed by atoms with Crippen molar-refractivity contribution in [3.8, 4) is 0 Å². The summed E-state index contributed by atoms with van der Waals surface area (Å²) in [6.45, 7) is -2.08. The van der Waals surface area contributed by atoms with Gasteiger partial charge < -0.3 is 166 Å². The maximum atomic E-state index is 12.1. The Labute approximate surface area is 526 Å². The molecule has 90 heavy (non-hydrogen) atoms. The highest BCUT2D eigenvalue weighted by Gasteiger charge is 2.56. The standard InChI is InChI=1S/C56H112N4O30/c1-57(2,3)15-28(61)19-78-23-32-37(65)38(66)43(71)53(83-32)82-27-36-51(40(68)44(72)52(77-14)84-36)90-56-47(75)42(70)50(35(87-56)26-81-22-31(64)18-60(10,11)12)89-55-46(74)41(69)49(34(86-55)25-80-21-30(63)17-59(7,8)9)88-54-45(73)39(67)48(76-13)33(85-54)24-79-20-29(62)16-58(4,5)6/h28-56,61-75H,15-27H2,1-14H3/q+4/t28?,29?,30?,31?,32-,33?,34-,35?,36-,37-,38?,39?,40?,41?,42+,43?,44?,45?,46?,47?,48+,49+,50+,51+,52-,53-,54-,55+,56-/m0/s1. The first kappa shape index (κ1) is 79.3. The number of methoxy groups -OCH3 is 2. The molecule has 0 saturated carbocycles. The molecule has 0 aromatic heterocycles. The number of quaternary nitrogens is 4. The second-order valence-corrected chi connectivity index (χ2v) is 28.3. The van der Waals surface area contributed by atoms with E-state index in [9.17, 15) is 76.6 Å². The first-order valence-electron chi connectivity index (χ1n) is 30.4. The van der Waals surface area contributed by atoms with E-state index < -0.39 is 198 Å². The Hall–Kier alpha value is -1.36. The molecule has 532 valence electrons. The van der Waals surface area contributed by atoms with Gasteiger partial charge in [-0.15, -0.1) is 0 Å². The molecule has 5 aliphatic heterocycles. The molecule has 5 rings (SSSR count). The smallest absolute Gasteiger partial charge is 0.187 e. The van der Waals surface area contributed by atoms with E-state index in [2.05, 4.69) is 0 Å². The molecule has 0 spiro atoms. The molecule has 0 amide bonds. The fraction of sp³-hybridized carbons (Fsp3) is 1.00. The highest BCUT2D eigenvalue weighted by Crippen LogP contribution is 2.36. The van der Waals surface area contributed by atoms with E-state index in [1.807, 2.05) is 84.6 Å². The van der Waals surface area contributed by atoms with Gasteiger partial charge in [0.25, 0.3) is 0 Å². The van der Waals surface area contributed by atoms with Gasteiger partial charge in [-0.25, -0.2) is 0 Å². The topological polar surface area (TPSA) is 442 Å². The van der Waals surface area contributed by atoms with Crippen LogP contribution in [0.4, 0.5) is 0 Å². The van der Waals surface area contributed by atoms with E-state index in [1.54, 1.807) is 0 Å². The Bertz CT molecular complexity index is 2040. The Morgan fingerprint density at radius 1 is 0.289 bits per heavy atom. The summed E-state index contributed by atoms with van der Waals surface area (Å²) in [5.41, 5.74) is 0. The SMILES string of the molecule is CO[C@H]1O[C@@H](CO[C@H]2O[C@@H](COCC(O)C[N+](C)(C)C)[C@H](O)C(O)C2O)[C@@H](O[C@@H]2OC(COCC(O)C[N+](C)(C)C)[C@@H](O[C@H]3O[C@@H](COCC(O)C[N+](C)(C)C)[C@@H](O[C@@H]4OC(COCC(O)C[N+](C)(C)C)[C@@H](OC)C(O)C4O)C(O)C3O)[C@H](O)C2O)C(O)C1O. The van der Waals surface area contributed by atoms with E-state index in [0.29, 0.717) is 31.0 Å². The third-order valence-electron chi connectivity index (χ3n) is 15.4. The lowest BCUT2D eigenvalue weighted by atomic mass is 9.95. The van der Waals surface area contributed by atoms with E-state index in [0.717, 1.165) is 0 Å². The summed E-state index contributed by atoms with van der Waals surface area (Å²) in [5.74, 6) is 0. The van der Waals surface area contributed by atoms with Gasteiger partial charge in [-0.3, -0.25) is 0 Å². The van der Waals surface area contributed by atoms with Crippen LogP contribution < -0.4 is 0 Å². The maximum Gasteiger partial charge on any atom is 0.187 e. The lowest BCUT2D eigenvalue weighted by Crippen LogP contribution is -2.68. The summed E-state index contributed by atoms with van der Waals surface area (Å²) in [5, 5.41) is 169. The molecule has 34 nitrogen and oxygen atoms in total. The van der Waals surface area contributed by atoms with Crippen molar-refractivity contribution in [2.45, 2.75) is 178 Å². The van der Waals surface area contributed by atoms with Gasteiger partial charge in [-0.1, -0.05) is 0 Å². The average Bonchev–Trinajstić information content (AvgIpc) is 0.812. The van der Waals surface area contributed by atoms with E-state index >= 15 is 0 Å². The van der Waals surface area contributed by atoms with Crippen LogP contribution in [0.2, 0.25) is 0 Å². The van der Waals surface area contributed by atoms with Gasteiger partial charge in [-0.05, 0) is 0 Å². The van der Waals surface area contributed by atoms with Crippen LogP contribution in [0, 0.1) is 0 Å². The number of likely N-dealkylation sites (N-methyl/N-ethyl adjacent to an activating group) is 4. The van der Waals surface area contributed by atoms with Gasteiger partial charge >= 0.3 is 0 Å². The Kier molecular flexibility index (Phi) is 30.6. The fourth-order valence-electron chi connectivity index (χ4n) is 11.4. The number of aliphatic hydroxyl groups is 15. The first-order valence-corrected chi connectivity index (χ1v) is 30.4. The molecule has 15 N–H and O–H groups in total. The van der Waals surface area contributed by atoms with Gasteiger partial charge in [0.05, 0.1) is 144 Å². The zero-order valence-electron chi connectivity index (χ0n) is 54.6. The highest BCUT2D eigenvalue weighted by molar-refractivity contribution is 4.99. The van der Waals surface area contributed by atoms with Crippen LogP contribution >= 0.6 is 0 Å². The van der Waals surface area contributed by atoms with Crippen molar-refractivity contribution in [3.63, 3.8) is 0 Å². The molecule has 34 heteroatoms. The van der Waals surface area contributed by atoms with E-state index in [1.165, 1.54) is 14.2 Å². The molecular weight excluding hydrogens is 1210 g/mol. The fourth-order valence-corrected chi connectivity index (χ4v) is 11.4. The lowest BCUT2D eigenvalue weighted by Gasteiger charge is -2.49. The molecule has 0 aromatic rings. The Morgan fingerprint density at radius 2 is 0.544 bits per heavy atom. The summed E-state index contributed by atoms with van der Waals surface area (Å²) >= 11 is 0. The lowest BCUT2D eigenvalue weighted by molar-refractivity contribution is -0.873. The van der Waals surface area contributed by atoms with Crippen LogP contribution in [-0.4, -0.2) is 457 Å². The van der Waals surface area contributed by atoms with Crippen molar-refractivity contribution in [1.82, 2.24) is 0 Å². The normalized spacial score (nSPS) is 39.9. The maximum absolute atomic E-state index is 12.1. The van der Waals surface area contributed by atoms with E-state index in [4.69, 9.17) is 71.1 Å². The second kappa shape index (κ2) is 34.7. The third-order valence-corrected chi connectivity index (χ3v) is 15.4. The van der Waals surface area contributed by atoms with Crippen LogP contribution in [0.15, 0.2) is 0 Å². The van der Waals surface area contributed by atoms with Gasteiger partial charge in [0.1, 0.15) is 173 Å². The minimum Gasteiger partial charge on any atom is -0.387 e. The Balaban J connectivity index is 1.39. The summed E-state index contributed by atoms with van der Waals surface area (Å²) in [6, 6.07) is 0. The molecule has 0 aliphatic carbocycles. The highest BCUT2D eigenvalue weighted by atomic mass is 16.8. The van der Waals surface area contributed by atoms with Crippen LogP contribution in [-0.2, 0) is 71.1 Å². The zero-order chi connectivity index (χ0) is 67.5. The van der Waals surface area contributed by atoms with Crippen LogP contribution in [0.3, 0.4) is 0 Å². The minimum atomic E-state index is -2.14. The molecule has 0 bridgehead atoms. The number of rotatable bonds is 35. The summed E-state index contributed by atoms with van der Waals surface area (Å²) in [6.07, 6.45) is -47.1. The molecule has 15 unspecified atom stereocenters. The van der Waals surface area contributed by atoms with Gasteiger partial charge in [0.2, 0.25) is 0 Å². The molecule has 5 saturated heterocycles. The van der Waals surface area contributed by atoms with Gasteiger partial charge in [-0.2, -0.15) is 0 Å². The molecular formula is C56H112N4O30+4. The largest absolute Gasteiger partial charge is 0.387 e. The molecule has 0 aromatic carbocycles. The summed E-state index contributed by atoms with van der Waals surface area (Å²) < 4.78 is 90.3. The van der Waals surface area contributed by atoms with Gasteiger partial charge in [0, 0.05) is 14.2 Å². The van der Waals surface area contributed by atoms with Gasteiger partial charge in [0.15, 0.2) is 31.5 Å². The molecule has 5 fully saturated rings. The van der Waals surface area contributed by atoms with Crippen LogP contribution in [0.1, 0.15) is 0 Å². The monoisotopic (exact) mass is 1320 g/mol. The second-order valence-electron chi connectivity index (χ2n) is 28.3. The van der Waals surface area contributed by atoms with Crippen molar-refractivity contribution in [1.29, 1.82) is 0 Å². The van der Waals surface area contributed by atoms with Crippen molar-refractivity contribution < 1.29 is 166 Å². The summed E-state index contributed by atoms with van der Waals surface area (Å²) in [7, 11) is 24.8. The average molecular weight is 1320 g/mol. The number of nitrogens with zero attached hydrogens (tertiary/aromatic N) is 4. The van der Waals surface area contributed by atoms with Crippen LogP contribution in [0.25, 0.3) is 0 Å². The van der Waals surface area contributed by atoms with Crippen molar-refractivity contribution >= 4 is 0 Å². The summed E-state index contributed by atoms with van der Waals surface area (Å²) in [4.78, 5) is 0. The number of hydrogen-bond acceptors (Lipinski definition) is 30. The predicted molar refractivity (Wildman–Crippen MR) is 307 cm³/mol.